The van der Waals surface area contributed by atoms with Crippen molar-refractivity contribution in [3.05, 3.63) is 47.3 Å². The number of anilines is 1. The fraction of sp³-hybridized carbons (Fsp3) is 0.474. The van der Waals surface area contributed by atoms with Gasteiger partial charge in [-0.2, -0.15) is 5.10 Å². The number of benzene rings is 1. The van der Waals surface area contributed by atoms with E-state index < -0.39 is 0 Å². The summed E-state index contributed by atoms with van der Waals surface area (Å²) < 4.78 is 1.79. The third-order valence-corrected chi connectivity index (χ3v) is 4.76. The largest absolute Gasteiger partial charge is 0.326 e. The summed E-state index contributed by atoms with van der Waals surface area (Å²) in [7, 11) is 5.99. The smallest absolute Gasteiger partial charge is 0.229 e. The molecule has 2 aromatic rings. The monoisotopic (exact) mass is 413 g/mol. The van der Waals surface area contributed by atoms with Crippen molar-refractivity contribution in [3.8, 4) is 0 Å². The molecular formula is C19H29Cl2N5O. The molecule has 0 radical (unpaired) electrons. The Kier molecular flexibility index (Phi) is 8.75. The first-order chi connectivity index (χ1) is 11.9. The van der Waals surface area contributed by atoms with Crippen molar-refractivity contribution >= 4 is 36.4 Å². The Balaban J connectivity index is 0.00000182. The fourth-order valence-electron chi connectivity index (χ4n) is 3.43. The van der Waals surface area contributed by atoms with E-state index in [0.29, 0.717) is 6.54 Å². The van der Waals surface area contributed by atoms with Crippen LogP contribution in [0, 0.1) is 12.8 Å². The Labute approximate surface area is 173 Å². The average Bonchev–Trinajstić information content (AvgIpc) is 3.18. The maximum absolute atomic E-state index is 12.9. The second-order valence-corrected chi connectivity index (χ2v) is 7.19. The number of nitrogens with one attached hydrogen (secondary N) is 2. The molecule has 27 heavy (non-hydrogen) atoms. The van der Waals surface area contributed by atoms with Crippen molar-refractivity contribution in [1.82, 2.24) is 20.0 Å². The van der Waals surface area contributed by atoms with Crippen LogP contribution >= 0.6 is 24.8 Å². The highest BCUT2D eigenvalue weighted by Gasteiger charge is 2.34. The van der Waals surface area contributed by atoms with Gasteiger partial charge in [0, 0.05) is 44.5 Å². The number of amides is 1. The molecular weight excluding hydrogens is 385 g/mol. The number of carbonyl (C=O) groups is 1. The molecule has 0 aliphatic carbocycles. The number of hydrogen-bond donors (Lipinski definition) is 2. The molecule has 1 aliphatic heterocycles. The van der Waals surface area contributed by atoms with Gasteiger partial charge in [-0.05, 0) is 43.8 Å². The molecule has 3 rings (SSSR count). The highest BCUT2D eigenvalue weighted by Crippen LogP contribution is 2.29. The molecule has 2 atom stereocenters. The first-order valence-corrected chi connectivity index (χ1v) is 8.68. The number of nitrogens with zero attached hydrogens (tertiary/aromatic N) is 3. The van der Waals surface area contributed by atoms with E-state index in [9.17, 15) is 4.79 Å². The average molecular weight is 414 g/mol. The van der Waals surface area contributed by atoms with E-state index in [1.54, 1.807) is 4.68 Å². The van der Waals surface area contributed by atoms with Crippen molar-refractivity contribution in [2.75, 3.05) is 32.5 Å². The van der Waals surface area contributed by atoms with Crippen LogP contribution in [0.25, 0.3) is 0 Å². The van der Waals surface area contributed by atoms with E-state index in [-0.39, 0.29) is 42.6 Å². The summed E-state index contributed by atoms with van der Waals surface area (Å²) in [5.74, 6) is 0.157. The Morgan fingerprint density at radius 3 is 2.70 bits per heavy atom. The maximum Gasteiger partial charge on any atom is 0.229 e. The first-order valence-electron chi connectivity index (χ1n) is 8.68. The van der Waals surface area contributed by atoms with E-state index in [1.165, 1.54) is 5.56 Å². The van der Waals surface area contributed by atoms with Gasteiger partial charge in [-0.1, -0.05) is 12.1 Å². The predicted molar refractivity (Wildman–Crippen MR) is 114 cm³/mol. The summed E-state index contributed by atoms with van der Waals surface area (Å²) in [5, 5.41) is 10.7. The minimum Gasteiger partial charge on any atom is -0.326 e. The number of hydrogen-bond acceptors (Lipinski definition) is 4. The van der Waals surface area contributed by atoms with Crippen LogP contribution in [0.3, 0.4) is 0 Å². The summed E-state index contributed by atoms with van der Waals surface area (Å²) in [6, 6.07) is 6.26. The van der Waals surface area contributed by atoms with Gasteiger partial charge in [0.15, 0.2) is 0 Å². The van der Waals surface area contributed by atoms with Gasteiger partial charge in [0.25, 0.3) is 0 Å². The Morgan fingerprint density at radius 1 is 1.33 bits per heavy atom. The lowest BCUT2D eigenvalue weighted by atomic mass is 9.90. The molecule has 6 nitrogen and oxygen atoms in total. The molecule has 2 heterocycles. The summed E-state index contributed by atoms with van der Waals surface area (Å²) in [4.78, 5) is 15.0. The van der Waals surface area contributed by atoms with Crippen molar-refractivity contribution in [2.45, 2.75) is 19.4 Å². The molecule has 0 bridgehead atoms. The van der Waals surface area contributed by atoms with Crippen molar-refractivity contribution in [1.29, 1.82) is 0 Å². The Hall–Kier alpha value is -1.60. The quantitative estimate of drug-likeness (QED) is 0.790. The van der Waals surface area contributed by atoms with Gasteiger partial charge in [-0.25, -0.2) is 0 Å². The molecule has 1 aromatic carbocycles. The summed E-state index contributed by atoms with van der Waals surface area (Å²) in [6.45, 7) is 4.39. The van der Waals surface area contributed by atoms with Crippen molar-refractivity contribution in [3.63, 3.8) is 0 Å². The molecule has 8 heteroatoms. The maximum atomic E-state index is 12.9. The van der Waals surface area contributed by atoms with Crippen LogP contribution in [0.1, 0.15) is 22.6 Å². The van der Waals surface area contributed by atoms with Crippen LogP contribution in [0.15, 0.2) is 30.6 Å². The SMILES string of the molecule is Cc1ccc(CN(C)C)cc1NC(=O)[C@H]1CNC[C@@H]1c1cnn(C)c1.Cl.Cl. The van der Waals surface area contributed by atoms with E-state index in [0.717, 1.165) is 29.9 Å². The van der Waals surface area contributed by atoms with E-state index in [2.05, 4.69) is 38.8 Å². The van der Waals surface area contributed by atoms with Crippen LogP contribution in [-0.4, -0.2) is 47.8 Å². The fourth-order valence-corrected chi connectivity index (χ4v) is 3.43. The highest BCUT2D eigenvalue weighted by molar-refractivity contribution is 5.94. The Morgan fingerprint density at radius 2 is 2.07 bits per heavy atom. The van der Waals surface area contributed by atoms with Crippen LogP contribution in [0.4, 0.5) is 5.69 Å². The molecule has 150 valence electrons. The minimum atomic E-state index is -0.0823. The standard InChI is InChI=1S/C19H27N5O.2ClH/c1-13-5-6-14(11-23(2)3)7-18(13)22-19(25)17-10-20-9-16(17)15-8-21-24(4)12-15;;/h5-8,12,16-17,20H,9-11H2,1-4H3,(H,22,25);2*1H/t16-,17+;;/m1../s1. The third-order valence-electron chi connectivity index (χ3n) is 4.76. The first kappa shape index (κ1) is 23.4. The Bertz CT molecular complexity index is 762. The molecule has 0 unspecified atom stereocenters. The van der Waals surface area contributed by atoms with Crippen LogP contribution < -0.4 is 10.6 Å². The molecule has 1 saturated heterocycles. The van der Waals surface area contributed by atoms with Gasteiger partial charge in [-0.3, -0.25) is 9.48 Å². The number of halogens is 2. The number of aromatic nitrogens is 2. The zero-order chi connectivity index (χ0) is 18.0. The number of aryl methyl sites for hydroxylation is 2. The molecule has 0 saturated carbocycles. The lowest BCUT2D eigenvalue weighted by Crippen LogP contribution is -2.28. The lowest BCUT2D eigenvalue weighted by Gasteiger charge is -2.19. The van der Waals surface area contributed by atoms with Crippen LogP contribution in [0.2, 0.25) is 0 Å². The van der Waals surface area contributed by atoms with Crippen molar-refractivity contribution in [2.24, 2.45) is 13.0 Å². The number of carbonyl (C=O) groups excluding carboxylic acids is 1. The topological polar surface area (TPSA) is 62.2 Å². The number of rotatable bonds is 5. The summed E-state index contributed by atoms with van der Waals surface area (Å²) in [5.41, 5.74) is 4.30. The second-order valence-electron chi connectivity index (χ2n) is 7.19. The van der Waals surface area contributed by atoms with Crippen LogP contribution in [-0.2, 0) is 18.4 Å². The summed E-state index contributed by atoms with van der Waals surface area (Å²) in [6.07, 6.45) is 3.86. The molecule has 1 fully saturated rings. The van der Waals surface area contributed by atoms with Gasteiger partial charge >= 0.3 is 0 Å². The molecule has 1 aromatic heterocycles. The minimum absolute atomic E-state index is 0. The van der Waals surface area contributed by atoms with Gasteiger partial charge in [0.05, 0.1) is 12.1 Å². The summed E-state index contributed by atoms with van der Waals surface area (Å²) >= 11 is 0. The van der Waals surface area contributed by atoms with Gasteiger partial charge in [0.1, 0.15) is 0 Å². The second kappa shape index (κ2) is 10.1. The zero-order valence-electron chi connectivity index (χ0n) is 16.2. The normalized spacial score (nSPS) is 18.7. The van der Waals surface area contributed by atoms with E-state index in [1.807, 2.05) is 40.5 Å². The van der Waals surface area contributed by atoms with Gasteiger partial charge in [-0.15, -0.1) is 24.8 Å². The molecule has 2 N–H and O–H groups in total. The molecule has 1 aliphatic rings. The predicted octanol–water partition coefficient (Wildman–Crippen LogP) is 2.58. The lowest BCUT2D eigenvalue weighted by molar-refractivity contribution is -0.119. The van der Waals surface area contributed by atoms with E-state index in [4.69, 9.17) is 0 Å². The van der Waals surface area contributed by atoms with E-state index >= 15 is 0 Å². The third kappa shape index (κ3) is 5.69. The van der Waals surface area contributed by atoms with Gasteiger partial charge < -0.3 is 15.5 Å². The molecule has 1 amide bonds. The van der Waals surface area contributed by atoms with Crippen molar-refractivity contribution < 1.29 is 4.79 Å². The molecule has 0 spiro atoms. The highest BCUT2D eigenvalue weighted by atomic mass is 35.5. The van der Waals surface area contributed by atoms with Gasteiger partial charge in [0.2, 0.25) is 5.91 Å². The van der Waals surface area contributed by atoms with Crippen LogP contribution in [0.5, 0.6) is 0 Å². The zero-order valence-corrected chi connectivity index (χ0v) is 17.9.